The van der Waals surface area contributed by atoms with Crippen LogP contribution in [0.15, 0.2) is 42.5 Å². The minimum Gasteiger partial charge on any atom is -0.497 e. The Balaban J connectivity index is 2.22. The van der Waals surface area contributed by atoms with Crippen molar-refractivity contribution in [3.05, 3.63) is 48.0 Å². The molecule has 0 aliphatic carbocycles. The molecule has 0 aliphatic rings. The summed E-state index contributed by atoms with van der Waals surface area (Å²) < 4.78 is 10.4. The van der Waals surface area contributed by atoms with Gasteiger partial charge in [0.05, 0.1) is 31.2 Å². The highest BCUT2D eigenvalue weighted by molar-refractivity contribution is 6.03. The van der Waals surface area contributed by atoms with Crippen LogP contribution < -0.4 is 19.7 Å². The number of ether oxygens (including phenoxy) is 2. The Labute approximate surface area is 151 Å². The van der Waals surface area contributed by atoms with Crippen LogP contribution in [0.1, 0.15) is 12.5 Å². The molecule has 2 aromatic rings. The van der Waals surface area contributed by atoms with Crippen molar-refractivity contribution in [3.8, 4) is 17.6 Å². The van der Waals surface area contributed by atoms with E-state index in [9.17, 15) is 14.9 Å². The molecular weight excluding hydrogens is 334 g/mol. The number of nitriles is 1. The molecule has 7 heteroatoms. The zero-order valence-electron chi connectivity index (χ0n) is 14.8. The topological polar surface area (TPSA) is 91.7 Å². The minimum absolute atomic E-state index is 0.233. The molecule has 2 amide bonds. The number of carbonyl (C=O) groups excluding carboxylic acids is 2. The van der Waals surface area contributed by atoms with Crippen LogP contribution in [0, 0.1) is 11.3 Å². The van der Waals surface area contributed by atoms with E-state index in [0.29, 0.717) is 28.4 Å². The third kappa shape index (κ3) is 4.30. The van der Waals surface area contributed by atoms with Gasteiger partial charge in [0.15, 0.2) is 0 Å². The molecule has 7 nitrogen and oxygen atoms in total. The summed E-state index contributed by atoms with van der Waals surface area (Å²) in [6.07, 6.45) is 0. The van der Waals surface area contributed by atoms with E-state index in [1.54, 1.807) is 42.5 Å². The van der Waals surface area contributed by atoms with E-state index in [2.05, 4.69) is 5.32 Å². The first-order valence-corrected chi connectivity index (χ1v) is 7.79. The fourth-order valence-electron chi connectivity index (χ4n) is 2.40. The normalized spacial score (nSPS) is 9.77. The van der Waals surface area contributed by atoms with E-state index < -0.39 is 5.91 Å². The van der Waals surface area contributed by atoms with Crippen molar-refractivity contribution in [2.75, 3.05) is 31.0 Å². The van der Waals surface area contributed by atoms with E-state index in [1.807, 2.05) is 6.07 Å². The number of nitrogens with one attached hydrogen (secondary N) is 1. The third-order valence-electron chi connectivity index (χ3n) is 3.68. The predicted octanol–water partition coefficient (Wildman–Crippen LogP) is 2.57. The number of anilines is 2. The second kappa shape index (κ2) is 8.53. The van der Waals surface area contributed by atoms with Crippen LogP contribution in [0.4, 0.5) is 11.4 Å². The first-order chi connectivity index (χ1) is 12.5. The first kappa shape index (κ1) is 18.8. The number of methoxy groups -OCH3 is 2. The number of carbonyl (C=O) groups is 2. The van der Waals surface area contributed by atoms with E-state index in [0.717, 1.165) is 0 Å². The zero-order chi connectivity index (χ0) is 19.1. The first-order valence-electron chi connectivity index (χ1n) is 7.79. The number of hydrogen-bond donors (Lipinski definition) is 1. The number of amides is 2. The Hall–Kier alpha value is -3.53. The van der Waals surface area contributed by atoms with Crippen LogP contribution in [0.5, 0.6) is 11.5 Å². The van der Waals surface area contributed by atoms with Gasteiger partial charge in [-0.3, -0.25) is 9.59 Å². The predicted molar refractivity (Wildman–Crippen MR) is 97.4 cm³/mol. The molecule has 0 spiro atoms. The van der Waals surface area contributed by atoms with Crippen molar-refractivity contribution >= 4 is 23.2 Å². The standard InChI is InChI=1S/C19H19N3O4/c1-13(23)22(17-7-5-4-6-14(17)11-20)12-19(24)21-16-9-8-15(25-2)10-18(16)26-3/h4-10H,12H2,1-3H3,(H,21,24). The molecule has 0 heterocycles. The van der Waals surface area contributed by atoms with Gasteiger partial charge in [-0.2, -0.15) is 5.26 Å². The molecule has 0 saturated carbocycles. The molecule has 0 fully saturated rings. The second-order valence-electron chi connectivity index (χ2n) is 5.35. The maximum atomic E-state index is 12.4. The van der Waals surface area contributed by atoms with Crippen LogP contribution in [0.2, 0.25) is 0 Å². The molecule has 0 atom stereocenters. The van der Waals surface area contributed by atoms with E-state index in [4.69, 9.17) is 9.47 Å². The Morgan fingerprint density at radius 3 is 2.50 bits per heavy atom. The number of para-hydroxylation sites is 1. The molecule has 0 aliphatic heterocycles. The summed E-state index contributed by atoms with van der Waals surface area (Å²) in [6.45, 7) is 1.11. The molecule has 0 radical (unpaired) electrons. The third-order valence-corrected chi connectivity index (χ3v) is 3.68. The maximum absolute atomic E-state index is 12.4. The molecule has 2 rings (SSSR count). The van der Waals surface area contributed by atoms with Gasteiger partial charge < -0.3 is 19.7 Å². The summed E-state index contributed by atoms with van der Waals surface area (Å²) in [5, 5.41) is 11.9. The van der Waals surface area contributed by atoms with Gasteiger partial charge >= 0.3 is 0 Å². The summed E-state index contributed by atoms with van der Waals surface area (Å²) in [4.78, 5) is 25.7. The number of rotatable bonds is 6. The van der Waals surface area contributed by atoms with E-state index in [1.165, 1.54) is 26.0 Å². The number of benzene rings is 2. The van der Waals surface area contributed by atoms with Crippen LogP contribution in [0.3, 0.4) is 0 Å². The molecule has 0 saturated heterocycles. The fraction of sp³-hybridized carbons (Fsp3) is 0.211. The lowest BCUT2D eigenvalue weighted by atomic mass is 10.1. The van der Waals surface area contributed by atoms with Crippen molar-refractivity contribution in [1.82, 2.24) is 0 Å². The Bertz CT molecular complexity index is 858. The smallest absolute Gasteiger partial charge is 0.244 e. The highest BCUT2D eigenvalue weighted by atomic mass is 16.5. The molecule has 0 aromatic heterocycles. The highest BCUT2D eigenvalue weighted by Crippen LogP contribution is 2.29. The lowest BCUT2D eigenvalue weighted by Gasteiger charge is -2.22. The summed E-state index contributed by atoms with van der Waals surface area (Å²) in [5.41, 5.74) is 1.16. The van der Waals surface area contributed by atoms with Crippen LogP contribution in [0.25, 0.3) is 0 Å². The molecule has 26 heavy (non-hydrogen) atoms. The Morgan fingerprint density at radius 2 is 1.88 bits per heavy atom. The number of hydrogen-bond acceptors (Lipinski definition) is 5. The molecule has 0 unspecified atom stereocenters. The van der Waals surface area contributed by atoms with Crippen molar-refractivity contribution in [2.45, 2.75) is 6.92 Å². The van der Waals surface area contributed by atoms with Crippen LogP contribution >= 0.6 is 0 Å². The average Bonchev–Trinajstić information content (AvgIpc) is 2.66. The molecule has 0 bridgehead atoms. The quantitative estimate of drug-likeness (QED) is 0.862. The van der Waals surface area contributed by atoms with Gasteiger partial charge in [-0.1, -0.05) is 12.1 Å². The van der Waals surface area contributed by atoms with Gasteiger partial charge in [0, 0.05) is 13.0 Å². The molecule has 2 aromatic carbocycles. The molecular formula is C19H19N3O4. The fourth-order valence-corrected chi connectivity index (χ4v) is 2.40. The van der Waals surface area contributed by atoms with Gasteiger partial charge in [0.25, 0.3) is 0 Å². The van der Waals surface area contributed by atoms with Crippen LogP contribution in [-0.2, 0) is 9.59 Å². The minimum atomic E-state index is -0.420. The van der Waals surface area contributed by atoms with E-state index in [-0.39, 0.29) is 12.5 Å². The van der Waals surface area contributed by atoms with Gasteiger partial charge in [0.1, 0.15) is 24.1 Å². The Morgan fingerprint density at radius 1 is 1.15 bits per heavy atom. The van der Waals surface area contributed by atoms with Gasteiger partial charge in [-0.15, -0.1) is 0 Å². The average molecular weight is 353 g/mol. The largest absolute Gasteiger partial charge is 0.497 e. The maximum Gasteiger partial charge on any atom is 0.244 e. The van der Waals surface area contributed by atoms with Gasteiger partial charge in [0.2, 0.25) is 11.8 Å². The number of nitrogens with zero attached hydrogens (tertiary/aromatic N) is 2. The summed E-state index contributed by atoms with van der Waals surface area (Å²) in [5.74, 6) is 0.263. The van der Waals surface area contributed by atoms with Crippen molar-refractivity contribution in [2.24, 2.45) is 0 Å². The highest BCUT2D eigenvalue weighted by Gasteiger charge is 2.19. The van der Waals surface area contributed by atoms with Gasteiger partial charge in [-0.25, -0.2) is 0 Å². The summed E-state index contributed by atoms with van der Waals surface area (Å²) in [6, 6.07) is 13.6. The second-order valence-corrected chi connectivity index (χ2v) is 5.35. The molecule has 134 valence electrons. The van der Waals surface area contributed by atoms with Gasteiger partial charge in [-0.05, 0) is 24.3 Å². The van der Waals surface area contributed by atoms with Crippen molar-refractivity contribution in [3.63, 3.8) is 0 Å². The zero-order valence-corrected chi connectivity index (χ0v) is 14.8. The summed E-state index contributed by atoms with van der Waals surface area (Å²) in [7, 11) is 3.01. The van der Waals surface area contributed by atoms with Crippen molar-refractivity contribution in [1.29, 1.82) is 5.26 Å². The SMILES string of the molecule is COc1ccc(NC(=O)CN(C(C)=O)c2ccccc2C#N)c(OC)c1. The molecule has 1 N–H and O–H groups in total. The summed E-state index contributed by atoms with van der Waals surface area (Å²) >= 11 is 0. The lowest BCUT2D eigenvalue weighted by Crippen LogP contribution is -2.37. The van der Waals surface area contributed by atoms with E-state index >= 15 is 0 Å². The lowest BCUT2D eigenvalue weighted by molar-refractivity contribution is -0.120. The van der Waals surface area contributed by atoms with Crippen molar-refractivity contribution < 1.29 is 19.1 Å². The Kier molecular flexibility index (Phi) is 6.17. The monoisotopic (exact) mass is 353 g/mol. The van der Waals surface area contributed by atoms with Crippen LogP contribution in [-0.4, -0.2) is 32.6 Å².